The van der Waals surface area contributed by atoms with E-state index in [2.05, 4.69) is 0 Å². The fraction of sp³-hybridized carbons (Fsp3) is 0.455. The lowest BCUT2D eigenvalue weighted by Crippen LogP contribution is -2.14. The summed E-state index contributed by atoms with van der Waals surface area (Å²) in [5.41, 5.74) is 6.56. The first-order valence-electron chi connectivity index (χ1n) is 4.71. The molecule has 4 nitrogen and oxygen atoms in total. The van der Waals surface area contributed by atoms with Crippen LogP contribution in [0.15, 0.2) is 18.2 Å². The van der Waals surface area contributed by atoms with Crippen LogP contribution >= 0.6 is 12.4 Å². The molecule has 92 valence electrons. The highest BCUT2D eigenvalue weighted by molar-refractivity contribution is 5.85. The molecule has 1 atom stereocenters. The largest absolute Gasteiger partial charge is 0.493 e. The summed E-state index contributed by atoms with van der Waals surface area (Å²) in [5.74, 6) is 1.39. The Morgan fingerprint density at radius 2 is 1.75 bits per heavy atom. The molecule has 0 heterocycles. The van der Waals surface area contributed by atoms with Crippen molar-refractivity contribution in [1.82, 2.24) is 0 Å². The molecule has 0 radical (unpaired) electrons. The van der Waals surface area contributed by atoms with E-state index in [9.17, 15) is 0 Å². The number of halogens is 1. The Morgan fingerprint density at radius 1 is 1.12 bits per heavy atom. The molecule has 1 aromatic rings. The average molecular weight is 248 g/mol. The zero-order valence-corrected chi connectivity index (χ0v) is 10.5. The van der Waals surface area contributed by atoms with Crippen molar-refractivity contribution in [3.8, 4) is 11.5 Å². The zero-order valence-electron chi connectivity index (χ0n) is 9.73. The summed E-state index contributed by atoms with van der Waals surface area (Å²) in [6.45, 7) is 0.436. The van der Waals surface area contributed by atoms with Gasteiger partial charge in [0.2, 0.25) is 0 Å². The SMILES string of the molecule is COc1ccc(C(CN)OC)cc1OC.Cl. The van der Waals surface area contributed by atoms with Crippen molar-refractivity contribution in [2.24, 2.45) is 5.73 Å². The number of hydrogen-bond acceptors (Lipinski definition) is 4. The Labute approximate surface area is 102 Å². The van der Waals surface area contributed by atoms with E-state index in [4.69, 9.17) is 19.9 Å². The lowest BCUT2D eigenvalue weighted by atomic mass is 10.1. The molecule has 0 aromatic heterocycles. The Bertz CT molecular complexity index is 316. The van der Waals surface area contributed by atoms with Gasteiger partial charge in [0, 0.05) is 13.7 Å². The molecule has 2 N–H and O–H groups in total. The van der Waals surface area contributed by atoms with Crippen LogP contribution in [0.1, 0.15) is 11.7 Å². The van der Waals surface area contributed by atoms with Gasteiger partial charge in [0.25, 0.3) is 0 Å². The molecule has 0 spiro atoms. The van der Waals surface area contributed by atoms with E-state index in [1.54, 1.807) is 21.3 Å². The number of methoxy groups -OCH3 is 3. The molecule has 0 amide bonds. The summed E-state index contributed by atoms with van der Waals surface area (Å²) in [7, 11) is 4.84. The molecule has 16 heavy (non-hydrogen) atoms. The van der Waals surface area contributed by atoms with Crippen LogP contribution in [0.25, 0.3) is 0 Å². The van der Waals surface area contributed by atoms with Crippen LogP contribution in [0, 0.1) is 0 Å². The van der Waals surface area contributed by atoms with E-state index in [0.29, 0.717) is 18.0 Å². The van der Waals surface area contributed by atoms with Crippen molar-refractivity contribution >= 4 is 12.4 Å². The van der Waals surface area contributed by atoms with Crippen molar-refractivity contribution in [2.45, 2.75) is 6.10 Å². The van der Waals surface area contributed by atoms with Gasteiger partial charge in [-0.25, -0.2) is 0 Å². The molecule has 0 saturated heterocycles. The van der Waals surface area contributed by atoms with Crippen LogP contribution in [0.3, 0.4) is 0 Å². The highest BCUT2D eigenvalue weighted by Gasteiger charge is 2.11. The molecule has 5 heteroatoms. The third-order valence-corrected chi connectivity index (χ3v) is 2.28. The minimum absolute atomic E-state index is 0. The predicted octanol–water partition coefficient (Wildman–Crippen LogP) is 1.77. The van der Waals surface area contributed by atoms with E-state index >= 15 is 0 Å². The molecule has 0 aliphatic carbocycles. The van der Waals surface area contributed by atoms with Gasteiger partial charge < -0.3 is 19.9 Å². The number of hydrogen-bond donors (Lipinski definition) is 1. The monoisotopic (exact) mass is 247 g/mol. The second-order valence-corrected chi connectivity index (χ2v) is 3.07. The van der Waals surface area contributed by atoms with Gasteiger partial charge in [0.05, 0.1) is 20.3 Å². The van der Waals surface area contributed by atoms with Crippen LogP contribution in [-0.2, 0) is 4.74 Å². The first-order valence-corrected chi connectivity index (χ1v) is 4.71. The smallest absolute Gasteiger partial charge is 0.161 e. The van der Waals surface area contributed by atoms with E-state index in [-0.39, 0.29) is 18.5 Å². The maximum atomic E-state index is 5.58. The second-order valence-electron chi connectivity index (χ2n) is 3.07. The van der Waals surface area contributed by atoms with Gasteiger partial charge in [-0.1, -0.05) is 6.07 Å². The van der Waals surface area contributed by atoms with Crippen molar-refractivity contribution in [3.63, 3.8) is 0 Å². The molecule has 1 unspecified atom stereocenters. The summed E-state index contributed by atoms with van der Waals surface area (Å²) >= 11 is 0. The summed E-state index contributed by atoms with van der Waals surface area (Å²) in [6.07, 6.45) is -0.107. The van der Waals surface area contributed by atoms with E-state index in [1.807, 2.05) is 18.2 Å². The molecule has 1 aromatic carbocycles. The molecule has 0 aliphatic rings. The van der Waals surface area contributed by atoms with Crippen LogP contribution in [0.5, 0.6) is 11.5 Å². The van der Waals surface area contributed by atoms with Gasteiger partial charge in [-0.3, -0.25) is 0 Å². The third-order valence-electron chi connectivity index (χ3n) is 2.28. The minimum atomic E-state index is -0.107. The van der Waals surface area contributed by atoms with Crippen molar-refractivity contribution < 1.29 is 14.2 Å². The molecule has 0 fully saturated rings. The normalized spacial score (nSPS) is 11.5. The lowest BCUT2D eigenvalue weighted by molar-refractivity contribution is 0.110. The Hall–Kier alpha value is -0.970. The standard InChI is InChI=1S/C11H17NO3.ClH/c1-13-9-5-4-8(6-10(9)14-2)11(7-12)15-3;/h4-6,11H,7,12H2,1-3H3;1H. The van der Waals surface area contributed by atoms with Gasteiger partial charge in [-0.2, -0.15) is 0 Å². The summed E-state index contributed by atoms with van der Waals surface area (Å²) < 4.78 is 15.6. The average Bonchev–Trinajstić information content (AvgIpc) is 2.30. The second kappa shape index (κ2) is 7.33. The third kappa shape index (κ3) is 3.27. The number of benzene rings is 1. The topological polar surface area (TPSA) is 53.7 Å². The molecular formula is C11H18ClNO3. The van der Waals surface area contributed by atoms with Gasteiger partial charge in [-0.15, -0.1) is 12.4 Å². The van der Waals surface area contributed by atoms with Gasteiger partial charge in [0.1, 0.15) is 0 Å². The number of nitrogens with two attached hydrogens (primary N) is 1. The fourth-order valence-corrected chi connectivity index (χ4v) is 1.42. The first-order chi connectivity index (χ1) is 7.26. The summed E-state index contributed by atoms with van der Waals surface area (Å²) in [5, 5.41) is 0. The zero-order chi connectivity index (χ0) is 11.3. The van der Waals surface area contributed by atoms with Crippen molar-refractivity contribution in [3.05, 3.63) is 23.8 Å². The van der Waals surface area contributed by atoms with E-state index in [1.165, 1.54) is 0 Å². The van der Waals surface area contributed by atoms with Gasteiger partial charge in [0.15, 0.2) is 11.5 Å². The predicted molar refractivity (Wildman–Crippen MR) is 65.6 cm³/mol. The summed E-state index contributed by atoms with van der Waals surface area (Å²) in [6, 6.07) is 5.64. The van der Waals surface area contributed by atoms with E-state index < -0.39 is 0 Å². The molecule has 0 saturated carbocycles. The van der Waals surface area contributed by atoms with Crippen molar-refractivity contribution in [2.75, 3.05) is 27.9 Å². The van der Waals surface area contributed by atoms with Crippen molar-refractivity contribution in [1.29, 1.82) is 0 Å². The van der Waals surface area contributed by atoms with E-state index in [0.717, 1.165) is 5.56 Å². The fourth-order valence-electron chi connectivity index (χ4n) is 1.42. The minimum Gasteiger partial charge on any atom is -0.493 e. The highest BCUT2D eigenvalue weighted by Crippen LogP contribution is 2.30. The van der Waals surface area contributed by atoms with Crippen LogP contribution < -0.4 is 15.2 Å². The van der Waals surface area contributed by atoms with Gasteiger partial charge >= 0.3 is 0 Å². The lowest BCUT2D eigenvalue weighted by Gasteiger charge is -2.15. The van der Waals surface area contributed by atoms with Crippen LogP contribution in [-0.4, -0.2) is 27.9 Å². The molecular weight excluding hydrogens is 230 g/mol. The maximum absolute atomic E-state index is 5.58. The maximum Gasteiger partial charge on any atom is 0.161 e. The Morgan fingerprint density at radius 3 is 2.19 bits per heavy atom. The first kappa shape index (κ1) is 15.0. The Kier molecular flexibility index (Phi) is 6.88. The van der Waals surface area contributed by atoms with Crippen LogP contribution in [0.4, 0.5) is 0 Å². The number of ether oxygens (including phenoxy) is 3. The summed E-state index contributed by atoms with van der Waals surface area (Å²) in [4.78, 5) is 0. The van der Waals surface area contributed by atoms with Crippen LogP contribution in [0.2, 0.25) is 0 Å². The quantitative estimate of drug-likeness (QED) is 0.862. The molecule has 0 aliphatic heterocycles. The van der Waals surface area contributed by atoms with Gasteiger partial charge in [-0.05, 0) is 17.7 Å². The highest BCUT2D eigenvalue weighted by atomic mass is 35.5. The molecule has 0 bridgehead atoms. The number of rotatable bonds is 5. The molecule has 1 rings (SSSR count). The Balaban J connectivity index is 0.00000225.